The van der Waals surface area contributed by atoms with Gasteiger partial charge in [-0.3, -0.25) is 4.79 Å². The summed E-state index contributed by atoms with van der Waals surface area (Å²) in [5, 5.41) is 0. The van der Waals surface area contributed by atoms with Gasteiger partial charge in [0.15, 0.2) is 0 Å². The molecule has 0 bridgehead atoms. The van der Waals surface area contributed by atoms with Crippen molar-refractivity contribution >= 4 is 5.91 Å². The molecule has 4 heteroatoms. The van der Waals surface area contributed by atoms with E-state index in [1.54, 1.807) is 0 Å². The molecule has 98 valence electrons. The van der Waals surface area contributed by atoms with Gasteiger partial charge in [0.05, 0.1) is 13.0 Å². The zero-order valence-electron chi connectivity index (χ0n) is 10.5. The third-order valence-corrected chi connectivity index (χ3v) is 3.01. The minimum atomic E-state index is 0.152. The molecule has 1 amide bonds. The summed E-state index contributed by atoms with van der Waals surface area (Å²) in [6.45, 7) is 1.62. The lowest BCUT2D eigenvalue weighted by atomic mass is 10.3. The van der Waals surface area contributed by atoms with Gasteiger partial charge in [-0.25, -0.2) is 0 Å². The Bertz CT molecular complexity index is 377. The summed E-state index contributed by atoms with van der Waals surface area (Å²) in [7, 11) is 0. The van der Waals surface area contributed by atoms with Gasteiger partial charge >= 0.3 is 0 Å². The highest BCUT2D eigenvalue weighted by atomic mass is 16.5. The predicted octanol–water partition coefficient (Wildman–Crippen LogP) is 1.41. The first-order valence-electron chi connectivity index (χ1n) is 6.48. The molecule has 2 rings (SSSR count). The molecule has 4 nitrogen and oxygen atoms in total. The van der Waals surface area contributed by atoms with E-state index in [2.05, 4.69) is 0 Å². The Hall–Kier alpha value is -1.55. The van der Waals surface area contributed by atoms with Crippen LogP contribution in [0.2, 0.25) is 0 Å². The van der Waals surface area contributed by atoms with Crippen LogP contribution in [0.25, 0.3) is 0 Å². The van der Waals surface area contributed by atoms with E-state index < -0.39 is 0 Å². The Morgan fingerprint density at radius 1 is 1.33 bits per heavy atom. The first-order valence-corrected chi connectivity index (χ1v) is 6.48. The average molecular weight is 248 g/mol. The van der Waals surface area contributed by atoms with Gasteiger partial charge in [0.2, 0.25) is 5.91 Å². The van der Waals surface area contributed by atoms with Crippen LogP contribution in [0.15, 0.2) is 30.3 Å². The van der Waals surface area contributed by atoms with Crippen molar-refractivity contribution in [3.8, 4) is 5.75 Å². The molecule has 0 unspecified atom stereocenters. The van der Waals surface area contributed by atoms with Gasteiger partial charge in [-0.15, -0.1) is 0 Å². The van der Waals surface area contributed by atoms with Crippen molar-refractivity contribution in [3.63, 3.8) is 0 Å². The zero-order chi connectivity index (χ0) is 12.8. The van der Waals surface area contributed by atoms with Crippen LogP contribution in [0.1, 0.15) is 19.3 Å². The van der Waals surface area contributed by atoms with Gasteiger partial charge in [-0.1, -0.05) is 18.2 Å². The van der Waals surface area contributed by atoms with Gasteiger partial charge < -0.3 is 15.4 Å². The fourth-order valence-corrected chi connectivity index (χ4v) is 1.95. The Kier molecular flexibility index (Phi) is 4.59. The summed E-state index contributed by atoms with van der Waals surface area (Å²) in [6.07, 6.45) is 2.65. The van der Waals surface area contributed by atoms with E-state index in [1.807, 2.05) is 35.2 Å². The maximum atomic E-state index is 12.0. The van der Waals surface area contributed by atoms with Crippen LogP contribution in [0.5, 0.6) is 5.75 Å². The second kappa shape index (κ2) is 6.40. The van der Waals surface area contributed by atoms with E-state index in [9.17, 15) is 4.79 Å². The van der Waals surface area contributed by atoms with Crippen LogP contribution in [-0.4, -0.2) is 36.5 Å². The molecular weight excluding hydrogens is 228 g/mol. The van der Waals surface area contributed by atoms with E-state index in [1.165, 1.54) is 0 Å². The van der Waals surface area contributed by atoms with Crippen LogP contribution >= 0.6 is 0 Å². The molecule has 1 aromatic carbocycles. The number of amides is 1. The average Bonchev–Trinajstić information content (AvgIpc) is 3.21. The molecule has 18 heavy (non-hydrogen) atoms. The van der Waals surface area contributed by atoms with Gasteiger partial charge in [-0.05, 0) is 25.0 Å². The summed E-state index contributed by atoms with van der Waals surface area (Å²) < 4.78 is 5.53. The number of hydrogen-bond donors (Lipinski definition) is 1. The smallest absolute Gasteiger partial charge is 0.226 e. The number of nitrogens with zero attached hydrogens (tertiary/aromatic N) is 1. The molecule has 0 radical (unpaired) electrons. The number of para-hydroxylation sites is 1. The number of carbonyl (C=O) groups excluding carboxylic acids is 1. The predicted molar refractivity (Wildman–Crippen MR) is 70.3 cm³/mol. The first-order chi connectivity index (χ1) is 8.81. The number of rotatable bonds is 7. The summed E-state index contributed by atoms with van der Waals surface area (Å²) in [6, 6.07) is 9.99. The number of nitrogens with two attached hydrogens (primary N) is 1. The molecule has 1 aromatic rings. The fraction of sp³-hybridized carbons (Fsp3) is 0.500. The molecule has 1 aliphatic carbocycles. The third-order valence-electron chi connectivity index (χ3n) is 3.01. The molecule has 0 aromatic heterocycles. The van der Waals surface area contributed by atoms with Gasteiger partial charge in [-0.2, -0.15) is 0 Å². The van der Waals surface area contributed by atoms with Crippen LogP contribution in [0.3, 0.4) is 0 Å². The van der Waals surface area contributed by atoms with Crippen molar-refractivity contribution in [2.45, 2.75) is 25.3 Å². The minimum Gasteiger partial charge on any atom is -0.493 e. The fourth-order valence-electron chi connectivity index (χ4n) is 1.95. The second-order valence-corrected chi connectivity index (χ2v) is 4.52. The van der Waals surface area contributed by atoms with Crippen molar-refractivity contribution in [2.75, 3.05) is 19.7 Å². The number of hydrogen-bond acceptors (Lipinski definition) is 3. The molecule has 2 N–H and O–H groups in total. The Balaban J connectivity index is 1.73. The summed E-state index contributed by atoms with van der Waals surface area (Å²) in [5.41, 5.74) is 5.53. The SMILES string of the molecule is NCCN(C(=O)CCOc1ccccc1)C1CC1. The summed E-state index contributed by atoms with van der Waals surface area (Å²) in [5.74, 6) is 0.959. The van der Waals surface area contributed by atoms with Gasteiger partial charge in [0.25, 0.3) is 0 Å². The summed E-state index contributed by atoms with van der Waals surface area (Å²) >= 11 is 0. The van der Waals surface area contributed by atoms with E-state index in [-0.39, 0.29) is 5.91 Å². The molecule has 0 saturated heterocycles. The molecule has 0 atom stereocenters. The van der Waals surface area contributed by atoms with Crippen molar-refractivity contribution in [1.29, 1.82) is 0 Å². The maximum absolute atomic E-state index is 12.0. The molecule has 1 saturated carbocycles. The molecular formula is C14H20N2O2. The largest absolute Gasteiger partial charge is 0.493 e. The number of ether oxygens (including phenoxy) is 1. The van der Waals surface area contributed by atoms with Crippen molar-refractivity contribution < 1.29 is 9.53 Å². The Morgan fingerprint density at radius 3 is 2.67 bits per heavy atom. The molecule has 0 spiro atoms. The van der Waals surface area contributed by atoms with Gasteiger partial charge in [0.1, 0.15) is 5.75 Å². The van der Waals surface area contributed by atoms with E-state index in [4.69, 9.17) is 10.5 Å². The second-order valence-electron chi connectivity index (χ2n) is 4.52. The van der Waals surface area contributed by atoms with Crippen molar-refractivity contribution in [2.24, 2.45) is 5.73 Å². The van der Waals surface area contributed by atoms with Crippen molar-refractivity contribution in [3.05, 3.63) is 30.3 Å². The van der Waals surface area contributed by atoms with Crippen LogP contribution in [0, 0.1) is 0 Å². The van der Waals surface area contributed by atoms with E-state index in [0.29, 0.717) is 32.2 Å². The first kappa shape index (κ1) is 12.9. The van der Waals surface area contributed by atoms with E-state index in [0.717, 1.165) is 18.6 Å². The zero-order valence-corrected chi connectivity index (χ0v) is 10.5. The van der Waals surface area contributed by atoms with Crippen molar-refractivity contribution in [1.82, 2.24) is 4.90 Å². The van der Waals surface area contributed by atoms with Crippen LogP contribution in [-0.2, 0) is 4.79 Å². The number of benzene rings is 1. The lowest BCUT2D eigenvalue weighted by Gasteiger charge is -2.21. The summed E-state index contributed by atoms with van der Waals surface area (Å²) in [4.78, 5) is 13.9. The lowest BCUT2D eigenvalue weighted by Crippen LogP contribution is -2.37. The molecule has 0 heterocycles. The highest BCUT2D eigenvalue weighted by Gasteiger charge is 2.31. The molecule has 1 aliphatic rings. The van der Waals surface area contributed by atoms with Crippen LogP contribution < -0.4 is 10.5 Å². The Labute approximate surface area is 108 Å². The molecule has 1 fully saturated rings. The number of carbonyl (C=O) groups is 1. The van der Waals surface area contributed by atoms with Crippen LogP contribution in [0.4, 0.5) is 0 Å². The topological polar surface area (TPSA) is 55.6 Å². The Morgan fingerprint density at radius 2 is 2.06 bits per heavy atom. The normalized spacial score (nSPS) is 14.3. The monoisotopic (exact) mass is 248 g/mol. The highest BCUT2D eigenvalue weighted by Crippen LogP contribution is 2.26. The minimum absolute atomic E-state index is 0.152. The highest BCUT2D eigenvalue weighted by molar-refractivity contribution is 5.77. The van der Waals surface area contributed by atoms with Gasteiger partial charge in [0, 0.05) is 19.1 Å². The third kappa shape index (κ3) is 3.74. The maximum Gasteiger partial charge on any atom is 0.226 e. The van der Waals surface area contributed by atoms with E-state index >= 15 is 0 Å². The standard InChI is InChI=1S/C14H20N2O2/c15-9-10-16(12-6-7-12)14(17)8-11-18-13-4-2-1-3-5-13/h1-5,12H,6-11,15H2. The quantitative estimate of drug-likeness (QED) is 0.793. The molecule has 0 aliphatic heterocycles. The lowest BCUT2D eigenvalue weighted by molar-refractivity contribution is -0.132.